The van der Waals surface area contributed by atoms with Gasteiger partial charge >= 0.3 is 0 Å². The minimum absolute atomic E-state index is 0.503. The van der Waals surface area contributed by atoms with Crippen LogP contribution in [0.1, 0.15) is 16.8 Å². The molecule has 4 heteroatoms. The zero-order valence-corrected chi connectivity index (χ0v) is 8.94. The Morgan fingerprint density at radius 2 is 2.00 bits per heavy atom. The van der Waals surface area contributed by atoms with Gasteiger partial charge in [-0.25, -0.2) is 4.68 Å². The van der Waals surface area contributed by atoms with Gasteiger partial charge in [-0.15, -0.1) is 5.10 Å². The van der Waals surface area contributed by atoms with Crippen LogP contribution in [0.2, 0.25) is 0 Å². The van der Waals surface area contributed by atoms with Crippen molar-refractivity contribution >= 4 is 5.82 Å². The Bertz CT molecular complexity index is 473. The van der Waals surface area contributed by atoms with Crippen molar-refractivity contribution in [2.45, 2.75) is 20.4 Å². The predicted molar refractivity (Wildman–Crippen MR) is 59.5 cm³/mol. The fourth-order valence-corrected chi connectivity index (χ4v) is 1.47. The largest absolute Gasteiger partial charge is 0.381 e. The first-order chi connectivity index (χ1) is 7.18. The maximum Gasteiger partial charge on any atom is 0.168 e. The molecule has 0 saturated heterocycles. The molecular formula is C11H14N4. The number of anilines is 1. The standard InChI is InChI=1S/C11H14N4/c1-8-5-3-4-6-10(8)7-15-9(2)11(12)13-14-15/h3-6H,7,12H2,1-2H3. The van der Waals surface area contributed by atoms with E-state index in [1.165, 1.54) is 11.1 Å². The molecule has 0 atom stereocenters. The zero-order chi connectivity index (χ0) is 10.8. The number of benzene rings is 1. The van der Waals surface area contributed by atoms with E-state index in [2.05, 4.69) is 29.4 Å². The highest BCUT2D eigenvalue weighted by atomic mass is 15.4. The van der Waals surface area contributed by atoms with E-state index in [0.29, 0.717) is 5.82 Å². The third kappa shape index (κ3) is 1.83. The van der Waals surface area contributed by atoms with Gasteiger partial charge in [0.1, 0.15) is 0 Å². The maximum atomic E-state index is 5.64. The summed E-state index contributed by atoms with van der Waals surface area (Å²) in [7, 11) is 0. The van der Waals surface area contributed by atoms with Crippen LogP contribution in [-0.2, 0) is 6.54 Å². The molecule has 1 aromatic heterocycles. The van der Waals surface area contributed by atoms with Crippen LogP contribution in [0.5, 0.6) is 0 Å². The van der Waals surface area contributed by atoms with Crippen LogP contribution in [0, 0.1) is 13.8 Å². The monoisotopic (exact) mass is 202 g/mol. The quantitative estimate of drug-likeness (QED) is 0.803. The number of nitrogens with zero attached hydrogens (tertiary/aromatic N) is 3. The molecule has 0 fully saturated rings. The predicted octanol–water partition coefficient (Wildman–Crippen LogP) is 1.53. The van der Waals surface area contributed by atoms with Gasteiger partial charge in [0, 0.05) is 0 Å². The van der Waals surface area contributed by atoms with Gasteiger partial charge in [0.05, 0.1) is 12.2 Å². The van der Waals surface area contributed by atoms with Crippen LogP contribution in [0.4, 0.5) is 5.82 Å². The molecule has 1 heterocycles. The molecule has 2 rings (SSSR count). The van der Waals surface area contributed by atoms with E-state index in [1.54, 1.807) is 0 Å². The molecule has 0 amide bonds. The summed E-state index contributed by atoms with van der Waals surface area (Å²) in [5, 5.41) is 7.83. The van der Waals surface area contributed by atoms with Gasteiger partial charge < -0.3 is 5.73 Å². The third-order valence-electron chi connectivity index (χ3n) is 2.60. The highest BCUT2D eigenvalue weighted by Gasteiger charge is 2.06. The molecule has 0 spiro atoms. The molecule has 0 saturated carbocycles. The van der Waals surface area contributed by atoms with E-state index >= 15 is 0 Å². The van der Waals surface area contributed by atoms with Gasteiger partial charge in [-0.3, -0.25) is 0 Å². The van der Waals surface area contributed by atoms with Gasteiger partial charge in [-0.1, -0.05) is 29.5 Å². The molecule has 0 aliphatic rings. The van der Waals surface area contributed by atoms with E-state index in [-0.39, 0.29) is 0 Å². The molecule has 0 bridgehead atoms. The summed E-state index contributed by atoms with van der Waals surface area (Å²) in [4.78, 5) is 0. The summed E-state index contributed by atoms with van der Waals surface area (Å²) in [6.45, 7) is 4.74. The molecule has 2 aromatic rings. The van der Waals surface area contributed by atoms with E-state index in [9.17, 15) is 0 Å². The molecule has 0 unspecified atom stereocenters. The Morgan fingerprint density at radius 1 is 1.27 bits per heavy atom. The second-order valence-electron chi connectivity index (χ2n) is 3.64. The van der Waals surface area contributed by atoms with Gasteiger partial charge in [0.2, 0.25) is 0 Å². The number of hydrogen-bond donors (Lipinski definition) is 1. The number of nitrogen functional groups attached to an aromatic ring is 1. The first kappa shape index (κ1) is 9.71. The number of rotatable bonds is 2. The highest BCUT2D eigenvalue weighted by Crippen LogP contribution is 2.11. The summed E-state index contributed by atoms with van der Waals surface area (Å²) in [5.74, 6) is 0.503. The molecule has 78 valence electrons. The zero-order valence-electron chi connectivity index (χ0n) is 8.94. The lowest BCUT2D eigenvalue weighted by Crippen LogP contribution is -2.05. The minimum Gasteiger partial charge on any atom is -0.381 e. The van der Waals surface area contributed by atoms with Crippen molar-refractivity contribution in [2.24, 2.45) is 0 Å². The molecular weight excluding hydrogens is 188 g/mol. The molecule has 0 radical (unpaired) electrons. The first-order valence-electron chi connectivity index (χ1n) is 4.88. The first-order valence-corrected chi connectivity index (χ1v) is 4.88. The average molecular weight is 202 g/mol. The van der Waals surface area contributed by atoms with E-state index < -0.39 is 0 Å². The van der Waals surface area contributed by atoms with Crippen LogP contribution in [0.15, 0.2) is 24.3 Å². The van der Waals surface area contributed by atoms with Crippen molar-refractivity contribution < 1.29 is 0 Å². The Kier molecular flexibility index (Phi) is 2.41. The van der Waals surface area contributed by atoms with Crippen molar-refractivity contribution in [1.29, 1.82) is 0 Å². The van der Waals surface area contributed by atoms with Crippen molar-refractivity contribution in [2.75, 3.05) is 5.73 Å². The van der Waals surface area contributed by atoms with Gasteiger partial charge in [0.25, 0.3) is 0 Å². The molecule has 1 aromatic carbocycles. The van der Waals surface area contributed by atoms with E-state index in [1.807, 2.05) is 23.7 Å². The van der Waals surface area contributed by atoms with E-state index in [4.69, 9.17) is 5.73 Å². The Morgan fingerprint density at radius 3 is 2.60 bits per heavy atom. The lowest BCUT2D eigenvalue weighted by atomic mass is 10.1. The molecule has 15 heavy (non-hydrogen) atoms. The highest BCUT2D eigenvalue weighted by molar-refractivity contribution is 5.32. The minimum atomic E-state index is 0.503. The molecule has 2 N–H and O–H groups in total. The smallest absolute Gasteiger partial charge is 0.168 e. The van der Waals surface area contributed by atoms with Crippen molar-refractivity contribution in [3.63, 3.8) is 0 Å². The Labute approximate surface area is 88.7 Å². The molecule has 0 aliphatic carbocycles. The van der Waals surface area contributed by atoms with Crippen LogP contribution >= 0.6 is 0 Å². The third-order valence-corrected chi connectivity index (χ3v) is 2.60. The summed E-state index contributed by atoms with van der Waals surface area (Å²) >= 11 is 0. The fraction of sp³-hybridized carbons (Fsp3) is 0.273. The summed E-state index contributed by atoms with van der Waals surface area (Å²) in [6, 6.07) is 8.23. The van der Waals surface area contributed by atoms with Crippen molar-refractivity contribution in [3.8, 4) is 0 Å². The van der Waals surface area contributed by atoms with Crippen molar-refractivity contribution in [1.82, 2.24) is 15.0 Å². The van der Waals surface area contributed by atoms with Crippen LogP contribution < -0.4 is 5.73 Å². The van der Waals surface area contributed by atoms with Crippen LogP contribution in [-0.4, -0.2) is 15.0 Å². The summed E-state index contributed by atoms with van der Waals surface area (Å²) < 4.78 is 1.82. The SMILES string of the molecule is Cc1ccccc1Cn1nnc(N)c1C. The van der Waals surface area contributed by atoms with Crippen LogP contribution in [0.3, 0.4) is 0 Å². The fourth-order valence-electron chi connectivity index (χ4n) is 1.47. The van der Waals surface area contributed by atoms with E-state index in [0.717, 1.165) is 12.2 Å². The van der Waals surface area contributed by atoms with Gasteiger partial charge in [-0.05, 0) is 25.0 Å². The van der Waals surface area contributed by atoms with Gasteiger partial charge in [0.15, 0.2) is 5.82 Å². The Hall–Kier alpha value is -1.84. The second kappa shape index (κ2) is 3.73. The molecule has 4 nitrogen and oxygen atoms in total. The average Bonchev–Trinajstić information content (AvgIpc) is 2.53. The summed E-state index contributed by atoms with van der Waals surface area (Å²) in [6.07, 6.45) is 0. The lowest BCUT2D eigenvalue weighted by Gasteiger charge is -2.06. The maximum absolute atomic E-state index is 5.64. The number of hydrogen-bond acceptors (Lipinski definition) is 3. The number of aryl methyl sites for hydroxylation is 1. The van der Waals surface area contributed by atoms with Gasteiger partial charge in [-0.2, -0.15) is 0 Å². The lowest BCUT2D eigenvalue weighted by molar-refractivity contribution is 0.631. The number of aromatic nitrogens is 3. The Balaban J connectivity index is 2.30. The summed E-state index contributed by atoms with van der Waals surface area (Å²) in [5.41, 5.74) is 9.05. The topological polar surface area (TPSA) is 56.7 Å². The normalized spacial score (nSPS) is 10.5. The number of nitrogens with two attached hydrogens (primary N) is 1. The van der Waals surface area contributed by atoms with Crippen LogP contribution in [0.25, 0.3) is 0 Å². The second-order valence-corrected chi connectivity index (χ2v) is 3.64. The molecule has 0 aliphatic heterocycles. The van der Waals surface area contributed by atoms with Crippen molar-refractivity contribution in [3.05, 3.63) is 41.1 Å².